The van der Waals surface area contributed by atoms with E-state index in [2.05, 4.69) is 0 Å². The number of fused-ring (bicyclic) bond motifs is 1. The zero-order valence-corrected chi connectivity index (χ0v) is 13.0. The topological polar surface area (TPSA) is 60.4 Å². The molecule has 0 bridgehead atoms. The molecule has 1 heterocycles. The lowest BCUT2D eigenvalue weighted by Crippen LogP contribution is -2.31. The van der Waals surface area contributed by atoms with E-state index < -0.39 is 9.84 Å². The fourth-order valence-corrected chi connectivity index (χ4v) is 4.52. The fourth-order valence-electron chi connectivity index (χ4n) is 3.35. The highest BCUT2D eigenvalue weighted by atomic mass is 32.2. The van der Waals surface area contributed by atoms with Crippen LogP contribution >= 0.6 is 0 Å². The lowest BCUT2D eigenvalue weighted by Gasteiger charge is -2.27. The van der Waals surface area contributed by atoms with Crippen LogP contribution in [0.4, 0.5) is 0 Å². The average molecular weight is 308 g/mol. The van der Waals surface area contributed by atoms with Crippen LogP contribution in [0, 0.1) is 5.92 Å². The van der Waals surface area contributed by atoms with Crippen molar-refractivity contribution in [3.63, 3.8) is 0 Å². The zero-order chi connectivity index (χ0) is 15.0. The van der Waals surface area contributed by atoms with E-state index in [9.17, 15) is 13.2 Å². The maximum absolute atomic E-state index is 12.6. The largest absolute Gasteiger partial charge is 0.493 e. The average Bonchev–Trinajstić information content (AvgIpc) is 2.93. The molecule has 0 amide bonds. The molecule has 1 fully saturated rings. The van der Waals surface area contributed by atoms with Gasteiger partial charge in [-0.3, -0.25) is 4.79 Å². The first-order chi connectivity index (χ1) is 9.95. The van der Waals surface area contributed by atoms with Gasteiger partial charge in [-0.1, -0.05) is 6.42 Å². The van der Waals surface area contributed by atoms with Gasteiger partial charge in [0.2, 0.25) is 0 Å². The number of ether oxygens (including phenoxy) is 1. The quantitative estimate of drug-likeness (QED) is 0.805. The molecule has 0 radical (unpaired) electrons. The summed E-state index contributed by atoms with van der Waals surface area (Å²) < 4.78 is 28.9. The van der Waals surface area contributed by atoms with Gasteiger partial charge in [0.15, 0.2) is 5.78 Å². The Hall–Kier alpha value is -1.36. The summed E-state index contributed by atoms with van der Waals surface area (Å²) in [5, 5.41) is -0.363. The van der Waals surface area contributed by atoms with Crippen molar-refractivity contribution in [1.82, 2.24) is 0 Å². The molecule has 1 aromatic rings. The Morgan fingerprint density at radius 2 is 2.10 bits per heavy atom. The first-order valence-electron chi connectivity index (χ1n) is 7.44. The zero-order valence-electron chi connectivity index (χ0n) is 12.2. The van der Waals surface area contributed by atoms with Crippen molar-refractivity contribution >= 4 is 15.6 Å². The number of carbonyl (C=O) groups excluding carboxylic acids is 1. The first-order valence-corrected chi connectivity index (χ1v) is 9.39. The Morgan fingerprint density at radius 3 is 2.86 bits per heavy atom. The summed E-state index contributed by atoms with van der Waals surface area (Å²) in [4.78, 5) is 12.6. The highest BCUT2D eigenvalue weighted by Gasteiger charge is 2.33. The predicted molar refractivity (Wildman–Crippen MR) is 80.6 cm³/mol. The normalized spacial score (nSPS) is 25.2. The molecule has 4 nitrogen and oxygen atoms in total. The number of hydrogen-bond donors (Lipinski definition) is 0. The maximum Gasteiger partial charge on any atom is 0.165 e. The molecule has 21 heavy (non-hydrogen) atoms. The molecule has 2 unspecified atom stereocenters. The summed E-state index contributed by atoms with van der Waals surface area (Å²) in [7, 11) is -3.06. The lowest BCUT2D eigenvalue weighted by molar-refractivity contribution is 0.0891. The third kappa shape index (κ3) is 2.98. The smallest absolute Gasteiger partial charge is 0.165 e. The number of hydrogen-bond acceptors (Lipinski definition) is 4. The monoisotopic (exact) mass is 308 g/mol. The van der Waals surface area contributed by atoms with Crippen LogP contribution in [0.25, 0.3) is 0 Å². The van der Waals surface area contributed by atoms with Crippen molar-refractivity contribution in [3.05, 3.63) is 29.3 Å². The van der Waals surface area contributed by atoms with E-state index in [1.54, 1.807) is 6.07 Å². The van der Waals surface area contributed by atoms with Gasteiger partial charge < -0.3 is 4.74 Å². The Labute approximate surface area is 125 Å². The molecule has 2 aliphatic rings. The number of carbonyl (C=O) groups is 1. The van der Waals surface area contributed by atoms with E-state index >= 15 is 0 Å². The van der Waals surface area contributed by atoms with Crippen molar-refractivity contribution in [2.45, 2.75) is 37.4 Å². The lowest BCUT2D eigenvalue weighted by atomic mass is 9.83. The fraction of sp³-hybridized carbons (Fsp3) is 0.562. The van der Waals surface area contributed by atoms with Gasteiger partial charge in [0.25, 0.3) is 0 Å². The van der Waals surface area contributed by atoms with Gasteiger partial charge in [0.05, 0.1) is 11.9 Å². The van der Waals surface area contributed by atoms with Crippen LogP contribution in [-0.4, -0.2) is 32.3 Å². The van der Waals surface area contributed by atoms with Gasteiger partial charge in [-0.2, -0.15) is 0 Å². The molecule has 114 valence electrons. The number of ketones is 1. The Balaban J connectivity index is 1.79. The minimum atomic E-state index is -3.06. The molecule has 5 heteroatoms. The van der Waals surface area contributed by atoms with Gasteiger partial charge in [-0.25, -0.2) is 8.42 Å². The molecule has 0 spiro atoms. The molecule has 3 rings (SSSR count). The number of rotatable bonds is 3. The maximum atomic E-state index is 12.6. The Morgan fingerprint density at radius 1 is 1.29 bits per heavy atom. The van der Waals surface area contributed by atoms with Crippen LogP contribution < -0.4 is 4.74 Å². The highest BCUT2D eigenvalue weighted by Crippen LogP contribution is 2.32. The van der Waals surface area contributed by atoms with Crippen molar-refractivity contribution in [3.8, 4) is 5.75 Å². The minimum absolute atomic E-state index is 0.0815. The highest BCUT2D eigenvalue weighted by molar-refractivity contribution is 7.91. The summed E-state index contributed by atoms with van der Waals surface area (Å²) in [6.45, 7) is 0.673. The minimum Gasteiger partial charge on any atom is -0.493 e. The molecule has 1 aromatic carbocycles. The van der Waals surface area contributed by atoms with Gasteiger partial charge in [0.1, 0.15) is 15.6 Å². The second-order valence-corrected chi connectivity index (χ2v) is 8.43. The summed E-state index contributed by atoms with van der Waals surface area (Å²) in [5.74, 6) is 0.779. The summed E-state index contributed by atoms with van der Waals surface area (Å²) in [6, 6.07) is 5.57. The van der Waals surface area contributed by atoms with Crippen LogP contribution in [0.3, 0.4) is 0 Å². The molecule has 1 saturated carbocycles. The molecule has 2 atom stereocenters. The third-order valence-corrected chi connectivity index (χ3v) is 6.22. The van der Waals surface area contributed by atoms with Crippen molar-refractivity contribution in [2.75, 3.05) is 12.9 Å². The number of benzene rings is 1. The Kier molecular flexibility index (Phi) is 3.78. The van der Waals surface area contributed by atoms with Crippen molar-refractivity contribution in [1.29, 1.82) is 0 Å². The predicted octanol–water partition coefficient (Wildman–Crippen LogP) is 2.41. The summed E-state index contributed by atoms with van der Waals surface area (Å²) >= 11 is 0. The standard InChI is InChI=1S/C16H20O4S/c1-21(18,19)14-4-2-3-12(10-14)16(17)13-5-6-15-11(9-13)7-8-20-15/h5-6,9,12,14H,2-4,7-8,10H2,1H3. The molecular weight excluding hydrogens is 288 g/mol. The number of sulfone groups is 1. The van der Waals surface area contributed by atoms with Gasteiger partial charge in [0, 0.05) is 24.2 Å². The van der Waals surface area contributed by atoms with Crippen LogP contribution in [-0.2, 0) is 16.3 Å². The van der Waals surface area contributed by atoms with Crippen LogP contribution in [0.5, 0.6) is 5.75 Å². The number of Topliss-reactive ketones (excluding diaryl/α,β-unsaturated/α-hetero) is 1. The van der Waals surface area contributed by atoms with Crippen molar-refractivity contribution < 1.29 is 17.9 Å². The first kappa shape index (κ1) is 14.6. The van der Waals surface area contributed by atoms with Gasteiger partial charge in [-0.05, 0) is 43.0 Å². The molecular formula is C16H20O4S. The van der Waals surface area contributed by atoms with E-state index in [1.165, 1.54) is 6.26 Å². The van der Waals surface area contributed by atoms with E-state index in [0.29, 0.717) is 25.0 Å². The Bertz CT molecular complexity index is 663. The van der Waals surface area contributed by atoms with Gasteiger partial charge in [-0.15, -0.1) is 0 Å². The molecule has 0 N–H and O–H groups in total. The third-order valence-electron chi connectivity index (χ3n) is 4.58. The molecule has 1 aliphatic carbocycles. The van der Waals surface area contributed by atoms with Crippen LogP contribution in [0.15, 0.2) is 18.2 Å². The van der Waals surface area contributed by atoms with E-state index in [-0.39, 0.29) is 17.0 Å². The van der Waals surface area contributed by atoms with E-state index in [0.717, 1.165) is 30.6 Å². The summed E-state index contributed by atoms with van der Waals surface area (Å²) in [6.07, 6.45) is 4.86. The van der Waals surface area contributed by atoms with E-state index in [1.807, 2.05) is 12.1 Å². The second-order valence-electron chi connectivity index (χ2n) is 6.10. The SMILES string of the molecule is CS(=O)(=O)C1CCCC(C(=O)c2ccc3c(c2)CCO3)C1. The molecule has 1 aliphatic heterocycles. The van der Waals surface area contributed by atoms with Crippen LogP contribution in [0.1, 0.15) is 41.6 Å². The van der Waals surface area contributed by atoms with Crippen LogP contribution in [0.2, 0.25) is 0 Å². The molecule has 0 aromatic heterocycles. The van der Waals surface area contributed by atoms with Gasteiger partial charge >= 0.3 is 0 Å². The van der Waals surface area contributed by atoms with E-state index in [4.69, 9.17) is 4.74 Å². The molecule has 0 saturated heterocycles. The second kappa shape index (κ2) is 5.44. The van der Waals surface area contributed by atoms with Crippen molar-refractivity contribution in [2.24, 2.45) is 5.92 Å². The summed E-state index contributed by atoms with van der Waals surface area (Å²) in [5.41, 5.74) is 1.77.